The van der Waals surface area contributed by atoms with Gasteiger partial charge in [0.25, 0.3) is 0 Å². The summed E-state index contributed by atoms with van der Waals surface area (Å²) in [4.78, 5) is 24.5. The molecule has 0 fully saturated rings. The molecule has 0 radical (unpaired) electrons. The van der Waals surface area contributed by atoms with Gasteiger partial charge in [0.05, 0.1) is 11.1 Å². The van der Waals surface area contributed by atoms with E-state index in [2.05, 4.69) is 0 Å². The molecule has 0 atom stereocenters. The molecule has 2 rings (SSSR count). The number of allylic oxidation sites excluding steroid dienone is 2. The Morgan fingerprint density at radius 3 is 1.61 bits per heavy atom. The van der Waals surface area contributed by atoms with Crippen LogP contribution in [0, 0.1) is 0 Å². The molecule has 146 valence electrons. The van der Waals surface area contributed by atoms with Crippen LogP contribution in [-0.2, 0) is 9.47 Å². The molecule has 0 aromatic heterocycles. The molecule has 5 heteroatoms. The molecule has 0 bridgehead atoms. The molecule has 0 aliphatic heterocycles. The third kappa shape index (κ3) is 5.93. The number of hydrogen-bond donors (Lipinski definition) is 1. The Morgan fingerprint density at radius 2 is 1.21 bits per heavy atom. The van der Waals surface area contributed by atoms with Crippen LogP contribution in [-0.4, -0.2) is 36.4 Å². The van der Waals surface area contributed by atoms with Gasteiger partial charge < -0.3 is 14.6 Å². The lowest BCUT2D eigenvalue weighted by atomic mass is 10.1. The first-order valence-electron chi connectivity index (χ1n) is 9.02. The zero-order valence-corrected chi connectivity index (χ0v) is 16.0. The van der Waals surface area contributed by atoms with E-state index in [-0.39, 0.29) is 13.2 Å². The largest absolute Gasteiger partial charge is 0.459 e. The van der Waals surface area contributed by atoms with Gasteiger partial charge >= 0.3 is 11.9 Å². The van der Waals surface area contributed by atoms with E-state index in [1.807, 2.05) is 38.1 Å². The normalized spacial score (nSPS) is 12.2. The number of carbonyl (C=O) groups excluding carboxylic acids is 2. The third-order valence-electron chi connectivity index (χ3n) is 3.87. The monoisotopic (exact) mass is 380 g/mol. The fourth-order valence-corrected chi connectivity index (χ4v) is 2.56. The molecule has 0 spiro atoms. The topological polar surface area (TPSA) is 72.8 Å². The predicted octanol–water partition coefficient (Wildman–Crippen LogP) is 4.13. The highest BCUT2D eigenvalue weighted by molar-refractivity contribution is 5.94. The maximum absolute atomic E-state index is 12.2. The second kappa shape index (κ2) is 10.8. The highest BCUT2D eigenvalue weighted by Gasteiger charge is 2.16. The van der Waals surface area contributed by atoms with Crippen LogP contribution in [0.15, 0.2) is 60.7 Å². The second-order valence-corrected chi connectivity index (χ2v) is 6.03. The van der Waals surface area contributed by atoms with Crippen LogP contribution in [0.25, 0.3) is 12.2 Å². The first-order chi connectivity index (χ1) is 13.6. The van der Waals surface area contributed by atoms with Crippen molar-refractivity contribution < 1.29 is 24.2 Å². The molecular weight excluding hydrogens is 356 g/mol. The van der Waals surface area contributed by atoms with Crippen LogP contribution in [0.5, 0.6) is 0 Å². The Labute approximate surface area is 164 Å². The van der Waals surface area contributed by atoms with Crippen LogP contribution in [0.2, 0.25) is 0 Å². The summed E-state index contributed by atoms with van der Waals surface area (Å²) in [7, 11) is 0. The van der Waals surface area contributed by atoms with Crippen molar-refractivity contribution in [1.29, 1.82) is 0 Å². The van der Waals surface area contributed by atoms with Crippen molar-refractivity contribution in [2.45, 2.75) is 20.0 Å². The first-order valence-corrected chi connectivity index (χ1v) is 9.02. The number of hydrogen-bond acceptors (Lipinski definition) is 5. The van der Waals surface area contributed by atoms with Gasteiger partial charge in [0.1, 0.15) is 19.3 Å². The summed E-state index contributed by atoms with van der Waals surface area (Å²) < 4.78 is 10.3. The standard InChI is InChI=1S/C23H24O5/c1-3-9-17-11-5-7-13-20(17)22(25)27-15-19(24)16-28-23(26)21-14-8-6-12-18(21)10-4-2/h3-14,19,24H,15-16H2,1-2H3. The Kier molecular flexibility index (Phi) is 8.18. The van der Waals surface area contributed by atoms with Crippen molar-refractivity contribution in [2.24, 2.45) is 0 Å². The average molecular weight is 380 g/mol. The van der Waals surface area contributed by atoms with Gasteiger partial charge in [0, 0.05) is 0 Å². The van der Waals surface area contributed by atoms with Crippen LogP contribution in [0.1, 0.15) is 45.7 Å². The summed E-state index contributed by atoms with van der Waals surface area (Å²) in [6.45, 7) is 3.17. The van der Waals surface area contributed by atoms with Crippen molar-refractivity contribution in [1.82, 2.24) is 0 Å². The number of rotatable bonds is 8. The Morgan fingerprint density at radius 1 is 0.821 bits per heavy atom. The quantitative estimate of drug-likeness (QED) is 0.697. The van der Waals surface area contributed by atoms with Crippen LogP contribution >= 0.6 is 0 Å². The number of aliphatic hydroxyl groups is 1. The van der Waals surface area contributed by atoms with Crippen molar-refractivity contribution in [3.8, 4) is 0 Å². The van der Waals surface area contributed by atoms with E-state index < -0.39 is 18.0 Å². The number of esters is 2. The summed E-state index contributed by atoms with van der Waals surface area (Å²) in [6, 6.07) is 14.0. The van der Waals surface area contributed by atoms with Gasteiger partial charge in [-0.2, -0.15) is 0 Å². The van der Waals surface area contributed by atoms with Gasteiger partial charge in [-0.1, -0.05) is 60.7 Å². The second-order valence-electron chi connectivity index (χ2n) is 6.03. The Balaban J connectivity index is 1.89. The van der Waals surface area contributed by atoms with Gasteiger partial charge in [-0.25, -0.2) is 9.59 Å². The fourth-order valence-electron chi connectivity index (χ4n) is 2.56. The molecule has 5 nitrogen and oxygen atoms in total. The maximum atomic E-state index is 12.2. The van der Waals surface area contributed by atoms with Crippen LogP contribution in [0.3, 0.4) is 0 Å². The summed E-state index contributed by atoms with van der Waals surface area (Å²) in [5.74, 6) is -1.09. The molecule has 2 aromatic carbocycles. The van der Waals surface area contributed by atoms with Crippen LogP contribution in [0.4, 0.5) is 0 Å². The smallest absolute Gasteiger partial charge is 0.338 e. The molecule has 0 heterocycles. The van der Waals surface area contributed by atoms with Crippen molar-refractivity contribution in [3.63, 3.8) is 0 Å². The molecule has 0 aliphatic carbocycles. The summed E-state index contributed by atoms with van der Waals surface area (Å²) in [5.41, 5.74) is 2.28. The van der Waals surface area contributed by atoms with E-state index in [1.54, 1.807) is 48.6 Å². The molecule has 0 saturated heterocycles. The van der Waals surface area contributed by atoms with Gasteiger partial charge in [-0.05, 0) is 37.1 Å². The van der Waals surface area contributed by atoms with Crippen LogP contribution < -0.4 is 0 Å². The van der Waals surface area contributed by atoms with E-state index in [0.29, 0.717) is 11.1 Å². The van der Waals surface area contributed by atoms with Crippen molar-refractivity contribution in [3.05, 3.63) is 82.9 Å². The van der Waals surface area contributed by atoms with E-state index in [9.17, 15) is 14.7 Å². The van der Waals surface area contributed by atoms with Gasteiger partial charge in [-0.3, -0.25) is 0 Å². The minimum Gasteiger partial charge on any atom is -0.459 e. The summed E-state index contributed by atoms with van der Waals surface area (Å²) >= 11 is 0. The number of carbonyl (C=O) groups is 2. The Hall–Kier alpha value is -3.18. The summed E-state index contributed by atoms with van der Waals surface area (Å²) in [6.07, 6.45) is 6.14. The van der Waals surface area contributed by atoms with Crippen molar-refractivity contribution in [2.75, 3.05) is 13.2 Å². The van der Waals surface area contributed by atoms with E-state index in [0.717, 1.165) is 11.1 Å². The number of ether oxygens (including phenoxy) is 2. The minimum absolute atomic E-state index is 0.271. The van der Waals surface area contributed by atoms with E-state index >= 15 is 0 Å². The zero-order valence-electron chi connectivity index (χ0n) is 16.0. The maximum Gasteiger partial charge on any atom is 0.338 e. The molecule has 0 amide bonds. The molecule has 0 saturated carbocycles. The molecular formula is C23H24O5. The summed E-state index contributed by atoms with van der Waals surface area (Å²) in [5, 5.41) is 10.0. The number of benzene rings is 2. The molecule has 0 aliphatic rings. The minimum atomic E-state index is -1.12. The molecule has 28 heavy (non-hydrogen) atoms. The van der Waals surface area contributed by atoms with Gasteiger partial charge in [0.2, 0.25) is 0 Å². The highest BCUT2D eigenvalue weighted by Crippen LogP contribution is 2.14. The molecule has 1 N–H and O–H groups in total. The highest BCUT2D eigenvalue weighted by atomic mass is 16.6. The van der Waals surface area contributed by atoms with E-state index in [4.69, 9.17) is 9.47 Å². The van der Waals surface area contributed by atoms with Crippen molar-refractivity contribution >= 4 is 24.1 Å². The SMILES string of the molecule is CC=Cc1ccccc1C(=O)OCC(O)COC(=O)c1ccccc1C=CC. The molecule has 2 aromatic rings. The lowest BCUT2D eigenvalue weighted by Gasteiger charge is -2.13. The van der Waals surface area contributed by atoms with E-state index in [1.165, 1.54) is 0 Å². The van der Waals surface area contributed by atoms with Gasteiger partial charge in [0.15, 0.2) is 0 Å². The molecule has 0 unspecified atom stereocenters. The van der Waals surface area contributed by atoms with Gasteiger partial charge in [-0.15, -0.1) is 0 Å². The Bertz CT molecular complexity index is 795. The lowest BCUT2D eigenvalue weighted by molar-refractivity contribution is -0.00471. The fraction of sp³-hybridized carbons (Fsp3) is 0.217. The lowest BCUT2D eigenvalue weighted by Crippen LogP contribution is -2.25. The average Bonchev–Trinajstić information content (AvgIpc) is 2.71. The first kappa shape index (κ1) is 21.1. The number of aliphatic hydroxyl groups excluding tert-OH is 1. The zero-order chi connectivity index (χ0) is 20.4. The third-order valence-corrected chi connectivity index (χ3v) is 3.87. The predicted molar refractivity (Wildman–Crippen MR) is 109 cm³/mol.